The van der Waals surface area contributed by atoms with E-state index in [1.807, 2.05) is 11.8 Å². The van der Waals surface area contributed by atoms with Crippen LogP contribution in [0, 0.1) is 0 Å². The van der Waals surface area contributed by atoms with Crippen LogP contribution in [0.15, 0.2) is 29.6 Å². The standard InChI is InChI=1S/C18H18ClN5O2S3/c1-26-13-3-2-11(8-12(13)19)22-14(25)9-28-17-15-16(20-10-21-17)23-18(29-15)24-4-6-27-7-5-24/h2-3,8,10H,4-7,9H2,1H3,(H,22,25). The molecule has 1 aliphatic rings. The van der Waals surface area contributed by atoms with E-state index in [0.717, 1.165) is 39.5 Å². The number of hydrogen-bond acceptors (Lipinski definition) is 9. The number of benzene rings is 1. The minimum atomic E-state index is -0.138. The van der Waals surface area contributed by atoms with E-state index in [1.165, 1.54) is 18.1 Å². The van der Waals surface area contributed by atoms with Crippen LogP contribution in [-0.2, 0) is 4.79 Å². The van der Waals surface area contributed by atoms with Gasteiger partial charge in [-0.25, -0.2) is 9.97 Å². The van der Waals surface area contributed by atoms with Crippen LogP contribution in [0.3, 0.4) is 0 Å². The number of fused-ring (bicyclic) bond motifs is 1. The molecule has 3 heterocycles. The number of methoxy groups -OCH3 is 1. The summed E-state index contributed by atoms with van der Waals surface area (Å²) in [6.07, 6.45) is 1.50. The number of carbonyl (C=O) groups is 1. The van der Waals surface area contributed by atoms with Crippen molar-refractivity contribution in [1.82, 2.24) is 15.0 Å². The quantitative estimate of drug-likeness (QED) is 0.430. The van der Waals surface area contributed by atoms with Gasteiger partial charge < -0.3 is 15.0 Å². The highest BCUT2D eigenvalue weighted by Crippen LogP contribution is 2.34. The number of aromatic nitrogens is 3. The Morgan fingerprint density at radius 3 is 2.93 bits per heavy atom. The molecule has 3 aromatic rings. The van der Waals surface area contributed by atoms with Crippen molar-refractivity contribution in [2.24, 2.45) is 0 Å². The average Bonchev–Trinajstić information content (AvgIpc) is 3.18. The number of rotatable bonds is 6. The Bertz CT molecular complexity index is 1030. The van der Waals surface area contributed by atoms with Gasteiger partial charge in [0.2, 0.25) is 5.91 Å². The highest BCUT2D eigenvalue weighted by molar-refractivity contribution is 8.00. The first-order chi connectivity index (χ1) is 14.1. The summed E-state index contributed by atoms with van der Waals surface area (Å²) < 4.78 is 6.05. The van der Waals surface area contributed by atoms with Gasteiger partial charge in [-0.15, -0.1) is 0 Å². The largest absolute Gasteiger partial charge is 0.495 e. The summed E-state index contributed by atoms with van der Waals surface area (Å²) >= 11 is 11.0. The fourth-order valence-corrected chi connectivity index (χ4v) is 5.89. The van der Waals surface area contributed by atoms with E-state index in [9.17, 15) is 4.79 Å². The van der Waals surface area contributed by atoms with Crippen LogP contribution in [0.1, 0.15) is 0 Å². The molecule has 1 saturated heterocycles. The molecule has 11 heteroatoms. The molecule has 0 unspecified atom stereocenters. The van der Waals surface area contributed by atoms with Crippen LogP contribution in [-0.4, -0.2) is 58.3 Å². The number of thiazole rings is 1. The van der Waals surface area contributed by atoms with Gasteiger partial charge in [0, 0.05) is 30.3 Å². The van der Waals surface area contributed by atoms with E-state index >= 15 is 0 Å². The molecule has 1 aromatic carbocycles. The Morgan fingerprint density at radius 1 is 1.34 bits per heavy atom. The molecule has 0 atom stereocenters. The van der Waals surface area contributed by atoms with Gasteiger partial charge in [0.25, 0.3) is 0 Å². The van der Waals surface area contributed by atoms with E-state index in [-0.39, 0.29) is 11.7 Å². The molecule has 7 nitrogen and oxygen atoms in total. The Kier molecular flexibility index (Phi) is 6.63. The number of nitrogens with one attached hydrogen (secondary N) is 1. The number of halogens is 1. The van der Waals surface area contributed by atoms with Crippen LogP contribution >= 0.6 is 46.5 Å². The summed E-state index contributed by atoms with van der Waals surface area (Å²) in [4.78, 5) is 28.0. The number of amides is 1. The molecule has 0 spiro atoms. The van der Waals surface area contributed by atoms with E-state index < -0.39 is 0 Å². The Balaban J connectivity index is 1.43. The molecule has 0 bridgehead atoms. The van der Waals surface area contributed by atoms with Crippen LogP contribution in [0.2, 0.25) is 5.02 Å². The summed E-state index contributed by atoms with van der Waals surface area (Å²) in [7, 11) is 1.55. The number of ether oxygens (including phenoxy) is 1. The molecular weight excluding hydrogens is 450 g/mol. The smallest absolute Gasteiger partial charge is 0.234 e. The number of thioether (sulfide) groups is 2. The highest BCUT2D eigenvalue weighted by Gasteiger charge is 2.18. The molecule has 1 N–H and O–H groups in total. The number of carbonyl (C=O) groups excluding carboxylic acids is 1. The number of hydrogen-bond donors (Lipinski definition) is 1. The van der Waals surface area contributed by atoms with E-state index in [4.69, 9.17) is 16.3 Å². The average molecular weight is 468 g/mol. The third-order valence-electron chi connectivity index (χ3n) is 4.20. The SMILES string of the molecule is COc1ccc(NC(=O)CSc2ncnc3nc(N4CCSCC4)sc23)cc1Cl. The minimum Gasteiger partial charge on any atom is -0.495 e. The van der Waals surface area contributed by atoms with Crippen molar-refractivity contribution in [1.29, 1.82) is 0 Å². The second-order valence-electron chi connectivity index (χ2n) is 6.11. The van der Waals surface area contributed by atoms with Crippen LogP contribution in [0.4, 0.5) is 10.8 Å². The number of nitrogens with zero attached hydrogens (tertiary/aromatic N) is 4. The summed E-state index contributed by atoms with van der Waals surface area (Å²) in [5.41, 5.74) is 1.31. The zero-order chi connectivity index (χ0) is 20.2. The van der Waals surface area contributed by atoms with Crippen molar-refractivity contribution >= 4 is 73.5 Å². The van der Waals surface area contributed by atoms with E-state index in [1.54, 1.807) is 36.6 Å². The zero-order valence-electron chi connectivity index (χ0n) is 15.6. The summed E-state index contributed by atoms with van der Waals surface area (Å²) in [6, 6.07) is 5.14. The lowest BCUT2D eigenvalue weighted by atomic mass is 10.3. The molecule has 0 radical (unpaired) electrons. The molecule has 2 aromatic heterocycles. The third-order valence-corrected chi connectivity index (χ3v) is 7.67. The minimum absolute atomic E-state index is 0.138. The maximum absolute atomic E-state index is 12.4. The molecule has 1 amide bonds. The highest BCUT2D eigenvalue weighted by atomic mass is 35.5. The van der Waals surface area contributed by atoms with Crippen molar-refractivity contribution in [3.05, 3.63) is 29.5 Å². The molecule has 152 valence electrons. The molecule has 29 heavy (non-hydrogen) atoms. The number of anilines is 2. The lowest BCUT2D eigenvalue weighted by Crippen LogP contribution is -2.32. The Hall–Kier alpha value is -1.75. The van der Waals surface area contributed by atoms with E-state index in [2.05, 4.69) is 25.2 Å². The van der Waals surface area contributed by atoms with Gasteiger partial charge in [0.1, 0.15) is 21.8 Å². The Morgan fingerprint density at radius 2 is 2.17 bits per heavy atom. The Labute approximate surface area is 185 Å². The zero-order valence-corrected chi connectivity index (χ0v) is 18.8. The molecule has 1 aliphatic heterocycles. The van der Waals surface area contributed by atoms with Gasteiger partial charge in [0.15, 0.2) is 10.8 Å². The molecule has 0 aliphatic carbocycles. The summed E-state index contributed by atoms with van der Waals surface area (Å²) in [5, 5.41) is 5.03. The van der Waals surface area contributed by atoms with Gasteiger partial charge in [-0.05, 0) is 18.2 Å². The van der Waals surface area contributed by atoms with Crippen molar-refractivity contribution in [3.63, 3.8) is 0 Å². The van der Waals surface area contributed by atoms with Gasteiger partial charge >= 0.3 is 0 Å². The molecule has 1 fully saturated rings. The topological polar surface area (TPSA) is 80.2 Å². The predicted molar refractivity (Wildman–Crippen MR) is 122 cm³/mol. The first-order valence-electron chi connectivity index (χ1n) is 8.84. The normalized spacial score (nSPS) is 14.2. The lowest BCUT2D eigenvalue weighted by molar-refractivity contribution is -0.113. The second kappa shape index (κ2) is 9.38. The fraction of sp³-hybridized carbons (Fsp3) is 0.333. The fourth-order valence-electron chi connectivity index (χ4n) is 2.79. The first-order valence-corrected chi connectivity index (χ1v) is 12.2. The maximum atomic E-state index is 12.4. The van der Waals surface area contributed by atoms with Crippen LogP contribution in [0.25, 0.3) is 10.3 Å². The van der Waals surface area contributed by atoms with Crippen LogP contribution < -0.4 is 15.0 Å². The summed E-state index contributed by atoms with van der Waals surface area (Å²) in [6.45, 7) is 1.99. The maximum Gasteiger partial charge on any atom is 0.234 e. The van der Waals surface area contributed by atoms with Crippen molar-refractivity contribution in [3.8, 4) is 5.75 Å². The lowest BCUT2D eigenvalue weighted by Gasteiger charge is -2.25. The molecule has 4 rings (SSSR count). The summed E-state index contributed by atoms with van der Waals surface area (Å²) in [5.74, 6) is 2.87. The van der Waals surface area contributed by atoms with Crippen LogP contribution in [0.5, 0.6) is 5.75 Å². The first kappa shape index (κ1) is 20.5. The van der Waals surface area contributed by atoms with Gasteiger partial charge in [-0.1, -0.05) is 34.7 Å². The van der Waals surface area contributed by atoms with Gasteiger partial charge in [-0.2, -0.15) is 16.7 Å². The van der Waals surface area contributed by atoms with Gasteiger partial charge in [0.05, 0.1) is 17.9 Å². The van der Waals surface area contributed by atoms with Crippen molar-refractivity contribution in [2.75, 3.05) is 47.7 Å². The van der Waals surface area contributed by atoms with Crippen molar-refractivity contribution < 1.29 is 9.53 Å². The van der Waals surface area contributed by atoms with E-state index in [0.29, 0.717) is 22.1 Å². The molecular formula is C18H18ClN5O2S3. The predicted octanol–water partition coefficient (Wildman–Crippen LogP) is 4.03. The molecule has 0 saturated carbocycles. The second-order valence-corrected chi connectivity index (χ2v) is 9.69. The monoisotopic (exact) mass is 467 g/mol. The third kappa shape index (κ3) is 4.88. The van der Waals surface area contributed by atoms with Gasteiger partial charge in [-0.3, -0.25) is 4.79 Å². The van der Waals surface area contributed by atoms with Crippen molar-refractivity contribution in [2.45, 2.75) is 5.03 Å².